The summed E-state index contributed by atoms with van der Waals surface area (Å²) in [6, 6.07) is 21.7. The maximum atomic E-state index is 12.2. The van der Waals surface area contributed by atoms with E-state index in [4.69, 9.17) is 4.74 Å². The minimum absolute atomic E-state index is 0.0550. The molecule has 2 aromatic rings. The van der Waals surface area contributed by atoms with Crippen LogP contribution in [0.15, 0.2) is 60.7 Å². The number of nitrogens with zero attached hydrogens (tertiary/aromatic N) is 1. The number of hydrogen-bond acceptors (Lipinski definition) is 3. The Hall–Kier alpha value is -2.13. The molecule has 0 saturated heterocycles. The van der Waals surface area contributed by atoms with E-state index < -0.39 is 0 Å². The maximum Gasteiger partial charge on any atom is 0.306 e. The number of carbonyl (C=O) groups is 1. The van der Waals surface area contributed by atoms with Crippen LogP contribution in [0.4, 0.5) is 0 Å². The number of esters is 1. The van der Waals surface area contributed by atoms with Gasteiger partial charge in [0.1, 0.15) is 0 Å². The van der Waals surface area contributed by atoms with E-state index in [9.17, 15) is 4.79 Å². The highest BCUT2D eigenvalue weighted by Gasteiger charge is 2.38. The zero-order chi connectivity index (χ0) is 19.1. The van der Waals surface area contributed by atoms with Gasteiger partial charge in [-0.15, -0.1) is 0 Å². The zero-order valence-electron chi connectivity index (χ0n) is 16.5. The lowest BCUT2D eigenvalue weighted by atomic mass is 9.90. The SMILES string of the molecule is CCOC(=O)C[C@H]1[C@H](C)CC[C@H]1N(Cc1ccccc1)Cc1ccccc1. The Morgan fingerprint density at radius 3 is 2.04 bits per heavy atom. The molecule has 0 bridgehead atoms. The van der Waals surface area contributed by atoms with E-state index in [1.54, 1.807) is 0 Å². The van der Waals surface area contributed by atoms with Gasteiger partial charge in [-0.2, -0.15) is 0 Å². The molecule has 3 nitrogen and oxygen atoms in total. The van der Waals surface area contributed by atoms with Gasteiger partial charge >= 0.3 is 5.97 Å². The van der Waals surface area contributed by atoms with Crippen molar-refractivity contribution >= 4 is 5.97 Å². The van der Waals surface area contributed by atoms with Gasteiger partial charge in [-0.25, -0.2) is 0 Å². The molecule has 0 aliphatic heterocycles. The molecule has 0 amide bonds. The summed E-state index contributed by atoms with van der Waals surface area (Å²) < 4.78 is 5.26. The molecular weight excluding hydrogens is 334 g/mol. The van der Waals surface area contributed by atoms with Gasteiger partial charge < -0.3 is 4.74 Å². The van der Waals surface area contributed by atoms with Crippen LogP contribution in [0, 0.1) is 11.8 Å². The molecule has 3 heteroatoms. The highest BCUT2D eigenvalue weighted by Crippen LogP contribution is 2.38. The second kappa shape index (κ2) is 9.70. The average Bonchev–Trinajstić information content (AvgIpc) is 3.03. The van der Waals surface area contributed by atoms with E-state index in [1.165, 1.54) is 17.5 Å². The summed E-state index contributed by atoms with van der Waals surface area (Å²) in [6.07, 6.45) is 2.85. The third-order valence-corrected chi connectivity index (χ3v) is 5.78. The molecule has 0 spiro atoms. The highest BCUT2D eigenvalue weighted by atomic mass is 16.5. The van der Waals surface area contributed by atoms with Crippen LogP contribution in [0.25, 0.3) is 0 Å². The Labute approximate surface area is 163 Å². The van der Waals surface area contributed by atoms with Gasteiger partial charge in [0.15, 0.2) is 0 Å². The summed E-state index contributed by atoms with van der Waals surface area (Å²) in [4.78, 5) is 14.8. The molecular formula is C24H31NO2. The van der Waals surface area contributed by atoms with Crippen molar-refractivity contribution in [2.75, 3.05) is 6.61 Å². The lowest BCUT2D eigenvalue weighted by Crippen LogP contribution is -2.39. The molecule has 2 aromatic carbocycles. The lowest BCUT2D eigenvalue weighted by molar-refractivity contribution is -0.145. The molecule has 1 aliphatic rings. The van der Waals surface area contributed by atoms with Crippen molar-refractivity contribution in [1.29, 1.82) is 0 Å². The van der Waals surface area contributed by atoms with E-state index >= 15 is 0 Å². The fourth-order valence-corrected chi connectivity index (χ4v) is 4.37. The minimum Gasteiger partial charge on any atom is -0.466 e. The van der Waals surface area contributed by atoms with Crippen LogP contribution < -0.4 is 0 Å². The average molecular weight is 366 g/mol. The summed E-state index contributed by atoms with van der Waals surface area (Å²) >= 11 is 0. The second-order valence-electron chi connectivity index (χ2n) is 7.67. The molecule has 0 heterocycles. The van der Waals surface area contributed by atoms with Crippen molar-refractivity contribution in [3.05, 3.63) is 71.8 Å². The van der Waals surface area contributed by atoms with E-state index in [0.29, 0.717) is 30.9 Å². The second-order valence-corrected chi connectivity index (χ2v) is 7.67. The van der Waals surface area contributed by atoms with Crippen molar-refractivity contribution < 1.29 is 9.53 Å². The van der Waals surface area contributed by atoms with E-state index in [0.717, 1.165) is 19.5 Å². The molecule has 0 unspecified atom stereocenters. The Morgan fingerprint density at radius 1 is 0.963 bits per heavy atom. The molecule has 27 heavy (non-hydrogen) atoms. The summed E-state index contributed by atoms with van der Waals surface area (Å²) in [5.41, 5.74) is 2.64. The summed E-state index contributed by atoms with van der Waals surface area (Å²) in [7, 11) is 0. The number of ether oxygens (including phenoxy) is 1. The predicted molar refractivity (Wildman–Crippen MR) is 109 cm³/mol. The van der Waals surface area contributed by atoms with Crippen LogP contribution in [0.1, 0.15) is 44.2 Å². The zero-order valence-corrected chi connectivity index (χ0v) is 16.5. The molecule has 0 aromatic heterocycles. The molecule has 0 N–H and O–H groups in total. The van der Waals surface area contributed by atoms with Crippen molar-refractivity contribution in [2.24, 2.45) is 11.8 Å². The van der Waals surface area contributed by atoms with Gasteiger partial charge in [-0.1, -0.05) is 67.6 Å². The van der Waals surface area contributed by atoms with Crippen molar-refractivity contribution in [3.8, 4) is 0 Å². The normalized spacial score (nSPS) is 22.1. The minimum atomic E-state index is -0.0550. The Bertz CT molecular complexity index is 659. The van der Waals surface area contributed by atoms with E-state index in [1.807, 2.05) is 6.92 Å². The first-order chi connectivity index (χ1) is 13.2. The Morgan fingerprint density at radius 2 is 1.52 bits per heavy atom. The third-order valence-electron chi connectivity index (χ3n) is 5.78. The number of benzene rings is 2. The van der Waals surface area contributed by atoms with Crippen LogP contribution in [-0.4, -0.2) is 23.5 Å². The van der Waals surface area contributed by atoms with Crippen molar-refractivity contribution in [3.63, 3.8) is 0 Å². The van der Waals surface area contributed by atoms with Crippen LogP contribution in [-0.2, 0) is 22.6 Å². The fraction of sp³-hybridized carbons (Fsp3) is 0.458. The highest BCUT2D eigenvalue weighted by molar-refractivity contribution is 5.69. The van der Waals surface area contributed by atoms with Crippen LogP contribution in [0.3, 0.4) is 0 Å². The van der Waals surface area contributed by atoms with Crippen molar-refractivity contribution in [1.82, 2.24) is 4.90 Å². The standard InChI is InChI=1S/C24H31NO2/c1-3-27-24(26)16-22-19(2)14-15-23(22)25(17-20-10-6-4-7-11-20)18-21-12-8-5-9-13-21/h4-13,19,22-23H,3,14-18H2,1-2H3/t19-,22+,23-/m1/s1. The van der Waals surface area contributed by atoms with Gasteiger partial charge in [0.2, 0.25) is 0 Å². The summed E-state index contributed by atoms with van der Waals surface area (Å²) in [6.45, 7) is 6.44. The van der Waals surface area contributed by atoms with Gasteiger partial charge in [0, 0.05) is 19.1 Å². The fourth-order valence-electron chi connectivity index (χ4n) is 4.37. The predicted octanol–water partition coefficient (Wildman–Crippen LogP) is 5.06. The van der Waals surface area contributed by atoms with Gasteiger partial charge in [-0.3, -0.25) is 9.69 Å². The molecule has 1 saturated carbocycles. The van der Waals surface area contributed by atoms with Crippen molar-refractivity contribution in [2.45, 2.75) is 52.2 Å². The monoisotopic (exact) mass is 365 g/mol. The molecule has 1 aliphatic carbocycles. The summed E-state index contributed by atoms with van der Waals surface area (Å²) in [5, 5.41) is 0. The van der Waals surface area contributed by atoms with Crippen LogP contribution in [0.2, 0.25) is 0 Å². The van der Waals surface area contributed by atoms with Crippen LogP contribution >= 0.6 is 0 Å². The quantitative estimate of drug-likeness (QED) is 0.613. The molecule has 3 rings (SSSR count). The first kappa shape index (κ1) is 19.6. The number of hydrogen-bond donors (Lipinski definition) is 0. The van der Waals surface area contributed by atoms with Crippen LogP contribution in [0.5, 0.6) is 0 Å². The molecule has 144 valence electrons. The van der Waals surface area contributed by atoms with E-state index in [-0.39, 0.29) is 5.97 Å². The largest absolute Gasteiger partial charge is 0.466 e. The first-order valence-electron chi connectivity index (χ1n) is 10.1. The smallest absolute Gasteiger partial charge is 0.306 e. The molecule has 1 fully saturated rings. The van der Waals surface area contributed by atoms with Gasteiger partial charge in [0.05, 0.1) is 13.0 Å². The third kappa shape index (κ3) is 5.43. The van der Waals surface area contributed by atoms with E-state index in [2.05, 4.69) is 72.5 Å². The van der Waals surface area contributed by atoms with Gasteiger partial charge in [-0.05, 0) is 42.7 Å². The maximum absolute atomic E-state index is 12.2. The number of rotatable bonds is 8. The van der Waals surface area contributed by atoms with Gasteiger partial charge in [0.25, 0.3) is 0 Å². The Balaban J connectivity index is 1.80. The lowest BCUT2D eigenvalue weighted by Gasteiger charge is -2.34. The summed E-state index contributed by atoms with van der Waals surface area (Å²) in [5.74, 6) is 0.852. The molecule has 3 atom stereocenters. The first-order valence-corrected chi connectivity index (χ1v) is 10.1. The topological polar surface area (TPSA) is 29.5 Å². The number of carbonyl (C=O) groups excluding carboxylic acids is 1. The molecule has 0 radical (unpaired) electrons. The Kier molecular flexibility index (Phi) is 7.05.